The fourth-order valence-corrected chi connectivity index (χ4v) is 3.89. The lowest BCUT2D eigenvalue weighted by Crippen LogP contribution is -2.41. The standard InChI is InChI=1S/C26H25ClN4O2/c1-2-23-29-21-10-6-7-11-22(21)31(23)17-24(32)30-25(19-8-4-3-5-9-19)26(33)28-16-18-12-14-20(27)15-13-18/h3-15,25H,2,16-17H2,1H3,(H,28,33)(H,30,32)/t25-/m0/s1. The van der Waals surface area contributed by atoms with Crippen LogP contribution >= 0.6 is 11.6 Å². The molecule has 1 atom stereocenters. The van der Waals surface area contributed by atoms with Crippen molar-refractivity contribution in [1.82, 2.24) is 20.2 Å². The summed E-state index contributed by atoms with van der Waals surface area (Å²) < 4.78 is 1.90. The predicted octanol–water partition coefficient (Wildman–Crippen LogP) is 4.43. The van der Waals surface area contributed by atoms with Gasteiger partial charge in [0.05, 0.1) is 11.0 Å². The Morgan fingerprint density at radius 3 is 2.39 bits per heavy atom. The van der Waals surface area contributed by atoms with Gasteiger partial charge in [-0.25, -0.2) is 4.98 Å². The Bertz CT molecular complexity index is 1250. The van der Waals surface area contributed by atoms with Crippen LogP contribution in [0.1, 0.15) is 29.9 Å². The molecule has 0 radical (unpaired) electrons. The number of carbonyl (C=O) groups is 2. The average molecular weight is 461 g/mol. The molecule has 0 unspecified atom stereocenters. The minimum atomic E-state index is -0.814. The molecule has 4 rings (SSSR count). The van der Waals surface area contributed by atoms with Crippen molar-refractivity contribution >= 4 is 34.4 Å². The van der Waals surface area contributed by atoms with E-state index in [2.05, 4.69) is 15.6 Å². The maximum Gasteiger partial charge on any atom is 0.247 e. The van der Waals surface area contributed by atoms with Crippen molar-refractivity contribution in [3.63, 3.8) is 0 Å². The van der Waals surface area contributed by atoms with Gasteiger partial charge in [-0.05, 0) is 35.4 Å². The van der Waals surface area contributed by atoms with Crippen molar-refractivity contribution in [3.05, 3.63) is 101 Å². The molecule has 0 aliphatic carbocycles. The zero-order valence-corrected chi connectivity index (χ0v) is 19.0. The lowest BCUT2D eigenvalue weighted by atomic mass is 10.1. The fourth-order valence-electron chi connectivity index (χ4n) is 3.76. The van der Waals surface area contributed by atoms with E-state index < -0.39 is 6.04 Å². The molecule has 0 saturated carbocycles. The van der Waals surface area contributed by atoms with Gasteiger partial charge < -0.3 is 15.2 Å². The van der Waals surface area contributed by atoms with Gasteiger partial charge in [0, 0.05) is 18.0 Å². The molecule has 168 valence electrons. The molecule has 0 aliphatic heterocycles. The number of nitrogens with one attached hydrogen (secondary N) is 2. The second-order valence-corrected chi connectivity index (χ2v) is 8.15. The summed E-state index contributed by atoms with van der Waals surface area (Å²) in [6.07, 6.45) is 0.700. The van der Waals surface area contributed by atoms with E-state index in [9.17, 15) is 9.59 Å². The molecule has 4 aromatic rings. The first kappa shape index (κ1) is 22.6. The number of aryl methyl sites for hydroxylation is 1. The minimum Gasteiger partial charge on any atom is -0.350 e. The van der Waals surface area contributed by atoms with Crippen LogP contribution in [0.5, 0.6) is 0 Å². The van der Waals surface area contributed by atoms with Gasteiger partial charge in [-0.2, -0.15) is 0 Å². The average Bonchev–Trinajstić information content (AvgIpc) is 3.20. The Hall–Kier alpha value is -3.64. The van der Waals surface area contributed by atoms with Gasteiger partial charge >= 0.3 is 0 Å². The number of hydrogen-bond donors (Lipinski definition) is 2. The van der Waals surface area contributed by atoms with Gasteiger partial charge in [0.25, 0.3) is 0 Å². The molecule has 2 amide bonds. The van der Waals surface area contributed by atoms with Gasteiger partial charge in [0.1, 0.15) is 18.4 Å². The molecule has 0 saturated heterocycles. The first-order valence-electron chi connectivity index (χ1n) is 10.9. The summed E-state index contributed by atoms with van der Waals surface area (Å²) in [5, 5.41) is 6.47. The third kappa shape index (κ3) is 5.41. The van der Waals surface area contributed by atoms with Crippen molar-refractivity contribution in [2.45, 2.75) is 32.5 Å². The van der Waals surface area contributed by atoms with Crippen LogP contribution in [-0.2, 0) is 29.1 Å². The Morgan fingerprint density at radius 2 is 1.67 bits per heavy atom. The number of benzene rings is 3. The largest absolute Gasteiger partial charge is 0.350 e. The summed E-state index contributed by atoms with van der Waals surface area (Å²) in [6, 6.07) is 23.4. The number of rotatable bonds is 8. The lowest BCUT2D eigenvalue weighted by Gasteiger charge is -2.20. The van der Waals surface area contributed by atoms with E-state index >= 15 is 0 Å². The summed E-state index contributed by atoms with van der Waals surface area (Å²) in [7, 11) is 0. The van der Waals surface area contributed by atoms with Gasteiger partial charge in [-0.15, -0.1) is 0 Å². The van der Waals surface area contributed by atoms with Crippen molar-refractivity contribution in [3.8, 4) is 0 Å². The van der Waals surface area contributed by atoms with Crippen LogP contribution in [-0.4, -0.2) is 21.4 Å². The highest BCUT2D eigenvalue weighted by Crippen LogP contribution is 2.18. The Balaban J connectivity index is 1.51. The molecule has 1 aromatic heterocycles. The maximum absolute atomic E-state index is 13.1. The minimum absolute atomic E-state index is 0.0808. The van der Waals surface area contributed by atoms with Crippen molar-refractivity contribution in [2.24, 2.45) is 0 Å². The quantitative estimate of drug-likeness (QED) is 0.408. The molecule has 3 aromatic carbocycles. The Morgan fingerprint density at radius 1 is 0.970 bits per heavy atom. The SMILES string of the molecule is CCc1nc2ccccc2n1CC(=O)N[C@H](C(=O)NCc1ccc(Cl)cc1)c1ccccc1. The van der Waals surface area contributed by atoms with Gasteiger partial charge in [-0.3, -0.25) is 9.59 Å². The van der Waals surface area contributed by atoms with E-state index in [4.69, 9.17) is 11.6 Å². The van der Waals surface area contributed by atoms with Crippen LogP contribution < -0.4 is 10.6 Å². The second kappa shape index (κ2) is 10.3. The highest BCUT2D eigenvalue weighted by Gasteiger charge is 2.23. The van der Waals surface area contributed by atoms with Gasteiger partial charge in [-0.1, -0.05) is 73.1 Å². The molecule has 1 heterocycles. The molecule has 6 nitrogen and oxygen atoms in total. The molecule has 0 aliphatic rings. The molecule has 0 bridgehead atoms. The molecular formula is C26H25ClN4O2. The third-order valence-electron chi connectivity index (χ3n) is 5.43. The van der Waals surface area contributed by atoms with Crippen LogP contribution in [0.2, 0.25) is 5.02 Å². The van der Waals surface area contributed by atoms with Crippen LogP contribution in [0.4, 0.5) is 0 Å². The van der Waals surface area contributed by atoms with E-state index in [1.807, 2.05) is 78.2 Å². The van der Waals surface area contributed by atoms with E-state index in [0.29, 0.717) is 23.6 Å². The first-order valence-corrected chi connectivity index (χ1v) is 11.2. The van der Waals surface area contributed by atoms with Crippen molar-refractivity contribution < 1.29 is 9.59 Å². The zero-order chi connectivity index (χ0) is 23.2. The van der Waals surface area contributed by atoms with E-state index in [0.717, 1.165) is 22.4 Å². The fraction of sp³-hybridized carbons (Fsp3) is 0.192. The number of fused-ring (bicyclic) bond motifs is 1. The predicted molar refractivity (Wildman–Crippen MR) is 130 cm³/mol. The Labute approximate surface area is 197 Å². The van der Waals surface area contributed by atoms with Crippen molar-refractivity contribution in [1.29, 1.82) is 0 Å². The lowest BCUT2D eigenvalue weighted by molar-refractivity contribution is -0.129. The number of hydrogen-bond acceptors (Lipinski definition) is 3. The van der Waals surface area contributed by atoms with E-state index in [-0.39, 0.29) is 18.4 Å². The highest BCUT2D eigenvalue weighted by molar-refractivity contribution is 6.30. The van der Waals surface area contributed by atoms with Crippen LogP contribution in [0.25, 0.3) is 11.0 Å². The number of para-hydroxylation sites is 2. The zero-order valence-electron chi connectivity index (χ0n) is 18.3. The molecular weight excluding hydrogens is 436 g/mol. The summed E-state index contributed by atoms with van der Waals surface area (Å²) in [6.45, 7) is 2.42. The molecule has 0 fully saturated rings. The summed E-state index contributed by atoms with van der Waals surface area (Å²) in [4.78, 5) is 30.8. The van der Waals surface area contributed by atoms with Crippen LogP contribution in [0, 0.1) is 0 Å². The normalized spacial score (nSPS) is 11.8. The first-order chi connectivity index (χ1) is 16.0. The van der Waals surface area contributed by atoms with E-state index in [1.54, 1.807) is 12.1 Å². The number of nitrogens with zero attached hydrogens (tertiary/aromatic N) is 2. The number of carbonyl (C=O) groups excluding carboxylic acids is 2. The van der Waals surface area contributed by atoms with Crippen LogP contribution in [0.3, 0.4) is 0 Å². The number of aromatic nitrogens is 2. The molecule has 0 spiro atoms. The number of halogens is 1. The molecule has 7 heteroatoms. The summed E-state index contributed by atoms with van der Waals surface area (Å²) >= 11 is 5.94. The molecule has 33 heavy (non-hydrogen) atoms. The summed E-state index contributed by atoms with van der Waals surface area (Å²) in [5.41, 5.74) is 3.38. The Kier molecular flexibility index (Phi) is 7.05. The second-order valence-electron chi connectivity index (χ2n) is 7.71. The van der Waals surface area contributed by atoms with Gasteiger partial charge in [0.2, 0.25) is 11.8 Å². The molecule has 2 N–H and O–H groups in total. The monoisotopic (exact) mass is 460 g/mol. The highest BCUT2D eigenvalue weighted by atomic mass is 35.5. The third-order valence-corrected chi connectivity index (χ3v) is 5.68. The number of imidazole rings is 1. The van der Waals surface area contributed by atoms with E-state index in [1.165, 1.54) is 0 Å². The van der Waals surface area contributed by atoms with Crippen molar-refractivity contribution in [2.75, 3.05) is 0 Å². The topological polar surface area (TPSA) is 76.0 Å². The smallest absolute Gasteiger partial charge is 0.247 e. The summed E-state index contributed by atoms with van der Waals surface area (Å²) in [5.74, 6) is 0.286. The van der Waals surface area contributed by atoms with Gasteiger partial charge in [0.15, 0.2) is 0 Å². The maximum atomic E-state index is 13.1. The van der Waals surface area contributed by atoms with Crippen LogP contribution in [0.15, 0.2) is 78.9 Å². The number of amides is 2.